The van der Waals surface area contributed by atoms with Crippen molar-refractivity contribution < 1.29 is 4.79 Å². The minimum atomic E-state index is -0.0507. The first kappa shape index (κ1) is 14.1. The lowest BCUT2D eigenvalue weighted by Crippen LogP contribution is -2.37. The number of carbonyl (C=O) groups is 1. The third-order valence-corrected chi connectivity index (χ3v) is 3.30. The van der Waals surface area contributed by atoms with Gasteiger partial charge in [0.2, 0.25) is 5.91 Å². The monoisotopic (exact) mass is 251 g/mol. The lowest BCUT2D eigenvalue weighted by Gasteiger charge is -2.25. The third kappa shape index (κ3) is 4.08. The van der Waals surface area contributed by atoms with E-state index in [9.17, 15) is 4.79 Å². The molecule has 0 atom stereocenters. The minimum Gasteiger partial charge on any atom is -0.355 e. The average Bonchev–Trinajstić information content (AvgIpc) is 2.36. The molecule has 0 saturated carbocycles. The van der Waals surface area contributed by atoms with Crippen LogP contribution in [0.2, 0.25) is 0 Å². The molecule has 0 heterocycles. The van der Waals surface area contributed by atoms with Gasteiger partial charge in [-0.1, -0.05) is 45.0 Å². The van der Waals surface area contributed by atoms with Crippen LogP contribution in [0, 0.1) is 0 Å². The molecule has 1 aromatic rings. The molecule has 94 valence electrons. The highest BCUT2D eigenvalue weighted by molar-refractivity contribution is 7.81. The van der Waals surface area contributed by atoms with Gasteiger partial charge in [0.25, 0.3) is 0 Å². The van der Waals surface area contributed by atoms with Crippen LogP contribution >= 0.6 is 12.6 Å². The Morgan fingerprint density at radius 1 is 1.29 bits per heavy atom. The van der Waals surface area contributed by atoms with Gasteiger partial charge in [-0.3, -0.25) is 4.79 Å². The van der Waals surface area contributed by atoms with E-state index in [4.69, 9.17) is 0 Å². The number of benzene rings is 1. The number of nitrogens with one attached hydrogen (secondary N) is 1. The molecule has 1 amide bonds. The lowest BCUT2D eigenvalue weighted by atomic mass is 9.84. The zero-order valence-electron chi connectivity index (χ0n) is 10.8. The van der Waals surface area contributed by atoms with Crippen molar-refractivity contribution in [2.75, 3.05) is 12.3 Å². The molecule has 0 spiro atoms. The molecule has 0 radical (unpaired) electrons. The summed E-state index contributed by atoms with van der Waals surface area (Å²) in [6.07, 6.45) is 1.05. The Balaban J connectivity index is 2.70. The fourth-order valence-electron chi connectivity index (χ4n) is 1.67. The number of hydrogen-bond donors (Lipinski definition) is 2. The van der Waals surface area contributed by atoms with Gasteiger partial charge in [-0.05, 0) is 17.5 Å². The summed E-state index contributed by atoms with van der Waals surface area (Å²) in [7, 11) is 0. The molecule has 0 aliphatic carbocycles. The van der Waals surface area contributed by atoms with Crippen molar-refractivity contribution in [3.05, 3.63) is 35.4 Å². The standard InChI is InChI=1S/C14H21NOS/c1-4-11-5-7-12(8-6-11)14(2,3)10-15-13(16)9-17/h5-8,17H,4,9-10H2,1-3H3,(H,15,16). The van der Waals surface area contributed by atoms with Crippen molar-refractivity contribution in [3.8, 4) is 0 Å². The fourth-order valence-corrected chi connectivity index (χ4v) is 1.78. The van der Waals surface area contributed by atoms with Crippen LogP contribution in [0.5, 0.6) is 0 Å². The van der Waals surface area contributed by atoms with Gasteiger partial charge in [0.1, 0.15) is 0 Å². The molecule has 0 bridgehead atoms. The van der Waals surface area contributed by atoms with Crippen LogP contribution < -0.4 is 5.32 Å². The van der Waals surface area contributed by atoms with Crippen LogP contribution in [0.4, 0.5) is 0 Å². The molecule has 17 heavy (non-hydrogen) atoms. The van der Waals surface area contributed by atoms with Crippen molar-refractivity contribution >= 4 is 18.5 Å². The van der Waals surface area contributed by atoms with E-state index in [1.807, 2.05) is 0 Å². The SMILES string of the molecule is CCc1ccc(C(C)(C)CNC(=O)CS)cc1. The Bertz CT molecular complexity index is 370. The zero-order chi connectivity index (χ0) is 12.9. The highest BCUT2D eigenvalue weighted by Crippen LogP contribution is 2.22. The topological polar surface area (TPSA) is 29.1 Å². The molecular formula is C14H21NOS. The molecule has 3 heteroatoms. The number of hydrogen-bond acceptors (Lipinski definition) is 2. The van der Waals surface area contributed by atoms with Crippen molar-refractivity contribution in [2.24, 2.45) is 0 Å². The third-order valence-electron chi connectivity index (χ3n) is 3.01. The van der Waals surface area contributed by atoms with E-state index in [1.165, 1.54) is 11.1 Å². The number of amides is 1. The summed E-state index contributed by atoms with van der Waals surface area (Å²) < 4.78 is 0. The fraction of sp³-hybridized carbons (Fsp3) is 0.500. The van der Waals surface area contributed by atoms with Crippen LogP contribution in [0.1, 0.15) is 31.9 Å². The van der Waals surface area contributed by atoms with Crippen LogP contribution in [-0.4, -0.2) is 18.2 Å². The van der Waals surface area contributed by atoms with E-state index in [2.05, 4.69) is 63.0 Å². The van der Waals surface area contributed by atoms with Gasteiger partial charge in [0, 0.05) is 12.0 Å². The second-order valence-corrected chi connectivity index (χ2v) is 5.19. The van der Waals surface area contributed by atoms with Crippen molar-refractivity contribution in [2.45, 2.75) is 32.6 Å². The molecule has 0 unspecified atom stereocenters. The summed E-state index contributed by atoms with van der Waals surface area (Å²) in [6.45, 7) is 7.05. The molecular weight excluding hydrogens is 230 g/mol. The predicted octanol–water partition coefficient (Wildman–Crippen LogP) is 2.57. The molecule has 0 fully saturated rings. The van der Waals surface area contributed by atoms with Crippen molar-refractivity contribution in [3.63, 3.8) is 0 Å². The maximum Gasteiger partial charge on any atom is 0.229 e. The minimum absolute atomic E-state index is 0.0217. The van der Waals surface area contributed by atoms with Crippen LogP contribution in [0.15, 0.2) is 24.3 Å². The quantitative estimate of drug-likeness (QED) is 0.774. The Hall–Kier alpha value is -0.960. The van der Waals surface area contributed by atoms with Gasteiger partial charge in [-0.15, -0.1) is 0 Å². The predicted molar refractivity (Wildman–Crippen MR) is 75.7 cm³/mol. The maximum absolute atomic E-state index is 11.2. The van der Waals surface area contributed by atoms with Crippen LogP contribution in [-0.2, 0) is 16.6 Å². The molecule has 0 saturated heterocycles. The number of aryl methyl sites for hydroxylation is 1. The number of carbonyl (C=O) groups excluding carboxylic acids is 1. The van der Waals surface area contributed by atoms with E-state index >= 15 is 0 Å². The second-order valence-electron chi connectivity index (χ2n) is 4.87. The first-order chi connectivity index (χ1) is 7.99. The Morgan fingerprint density at radius 2 is 1.88 bits per heavy atom. The molecule has 2 nitrogen and oxygen atoms in total. The summed E-state index contributed by atoms with van der Waals surface area (Å²) in [5, 5.41) is 2.88. The normalized spacial score (nSPS) is 11.3. The smallest absolute Gasteiger partial charge is 0.229 e. The maximum atomic E-state index is 11.2. The molecule has 1 aromatic carbocycles. The van der Waals surface area contributed by atoms with E-state index in [-0.39, 0.29) is 17.1 Å². The zero-order valence-corrected chi connectivity index (χ0v) is 11.7. The van der Waals surface area contributed by atoms with E-state index in [1.54, 1.807) is 0 Å². The first-order valence-corrected chi connectivity index (χ1v) is 6.60. The largest absolute Gasteiger partial charge is 0.355 e. The number of thiol groups is 1. The van der Waals surface area contributed by atoms with Gasteiger partial charge in [-0.25, -0.2) is 0 Å². The second kappa shape index (κ2) is 6.10. The van der Waals surface area contributed by atoms with Crippen molar-refractivity contribution in [1.82, 2.24) is 5.32 Å². The summed E-state index contributed by atoms with van der Waals surface area (Å²) in [5.41, 5.74) is 2.53. The molecule has 0 aromatic heterocycles. The van der Waals surface area contributed by atoms with Gasteiger partial charge < -0.3 is 5.32 Å². The first-order valence-electron chi connectivity index (χ1n) is 5.96. The summed E-state index contributed by atoms with van der Waals surface area (Å²) in [4.78, 5) is 11.2. The number of rotatable bonds is 5. The van der Waals surface area contributed by atoms with E-state index in [0.29, 0.717) is 6.54 Å². The van der Waals surface area contributed by atoms with E-state index < -0.39 is 0 Å². The van der Waals surface area contributed by atoms with Crippen LogP contribution in [0.3, 0.4) is 0 Å². The summed E-state index contributed by atoms with van der Waals surface area (Å²) in [6, 6.07) is 8.59. The molecule has 1 rings (SSSR count). The van der Waals surface area contributed by atoms with E-state index in [0.717, 1.165) is 6.42 Å². The Labute approximate surface area is 109 Å². The van der Waals surface area contributed by atoms with Gasteiger partial charge >= 0.3 is 0 Å². The highest BCUT2D eigenvalue weighted by Gasteiger charge is 2.20. The van der Waals surface area contributed by atoms with Crippen molar-refractivity contribution in [1.29, 1.82) is 0 Å². The highest BCUT2D eigenvalue weighted by atomic mass is 32.1. The van der Waals surface area contributed by atoms with Gasteiger partial charge in [-0.2, -0.15) is 12.6 Å². The average molecular weight is 251 g/mol. The van der Waals surface area contributed by atoms with Crippen LogP contribution in [0.25, 0.3) is 0 Å². The summed E-state index contributed by atoms with van der Waals surface area (Å²) in [5.74, 6) is 0.219. The molecule has 0 aliphatic rings. The molecule has 1 N–H and O–H groups in total. The van der Waals surface area contributed by atoms with Gasteiger partial charge in [0.05, 0.1) is 5.75 Å². The lowest BCUT2D eigenvalue weighted by molar-refractivity contribution is -0.118. The summed E-state index contributed by atoms with van der Waals surface area (Å²) >= 11 is 3.95. The Morgan fingerprint density at radius 3 is 2.35 bits per heavy atom. The molecule has 0 aliphatic heterocycles. The van der Waals surface area contributed by atoms with Gasteiger partial charge in [0.15, 0.2) is 0 Å². The Kier molecular flexibility index (Phi) is 5.06.